The molecule has 1 aliphatic heterocycles. The molecule has 0 aromatic heterocycles. The minimum Gasteiger partial charge on any atom is -0.376 e. The lowest BCUT2D eigenvalue weighted by atomic mass is 10.0. The summed E-state index contributed by atoms with van der Waals surface area (Å²) in [6, 6.07) is 6.58. The quantitative estimate of drug-likeness (QED) is 0.713. The van der Waals surface area contributed by atoms with E-state index < -0.39 is 0 Å². The smallest absolute Gasteiger partial charge is 0.0719 e. The van der Waals surface area contributed by atoms with Gasteiger partial charge in [0.15, 0.2) is 0 Å². The van der Waals surface area contributed by atoms with Crippen LogP contribution in [0, 0.1) is 6.92 Å². The molecule has 0 saturated carbocycles. The van der Waals surface area contributed by atoms with Crippen LogP contribution in [0.5, 0.6) is 0 Å². The average Bonchev–Trinajstić information content (AvgIpc) is 2.34. The molecule has 0 bridgehead atoms. The number of ether oxygens (including phenoxy) is 1. The van der Waals surface area contributed by atoms with Crippen LogP contribution in [-0.4, -0.2) is 13.7 Å². The first kappa shape index (κ1) is 14.1. The van der Waals surface area contributed by atoms with Gasteiger partial charge in [0, 0.05) is 0 Å². The predicted octanol–water partition coefficient (Wildman–Crippen LogP) is 2.67. The van der Waals surface area contributed by atoms with Crippen LogP contribution in [0.25, 0.3) is 0 Å². The number of benzene rings is 1. The molecule has 2 heteroatoms. The number of fused-ring (bicyclic) bond motifs is 1. The third-order valence-electron chi connectivity index (χ3n) is 2.14. The summed E-state index contributed by atoms with van der Waals surface area (Å²) in [4.78, 5) is 0. The third-order valence-corrected chi connectivity index (χ3v) is 2.14. The highest BCUT2D eigenvalue weighted by Gasteiger charge is 2.07. The van der Waals surface area contributed by atoms with Crippen LogP contribution in [-0.2, 0) is 17.8 Å². The van der Waals surface area contributed by atoms with Crippen molar-refractivity contribution in [1.82, 2.24) is 0 Å². The van der Waals surface area contributed by atoms with Gasteiger partial charge in [0.1, 0.15) is 0 Å². The monoisotopic (exact) mass is 209 g/mol. The lowest BCUT2D eigenvalue weighted by molar-refractivity contribution is 0.111. The fraction of sp³-hybridized carbons (Fsp3) is 0.538. The maximum atomic E-state index is 5.34. The van der Waals surface area contributed by atoms with Crippen molar-refractivity contribution in [3.05, 3.63) is 34.9 Å². The lowest BCUT2D eigenvalue weighted by Crippen LogP contribution is -2.09. The Morgan fingerprint density at radius 1 is 1.13 bits per heavy atom. The molecule has 0 amide bonds. The van der Waals surface area contributed by atoms with E-state index in [1.54, 1.807) is 0 Å². The van der Waals surface area contributed by atoms with Crippen molar-refractivity contribution in [2.24, 2.45) is 5.73 Å². The zero-order chi connectivity index (χ0) is 11.7. The molecule has 86 valence electrons. The topological polar surface area (TPSA) is 35.2 Å². The van der Waals surface area contributed by atoms with E-state index >= 15 is 0 Å². The summed E-state index contributed by atoms with van der Waals surface area (Å²) < 4.78 is 5.34. The van der Waals surface area contributed by atoms with Crippen molar-refractivity contribution in [3.8, 4) is 0 Å². The van der Waals surface area contributed by atoms with Gasteiger partial charge in [-0.15, -0.1) is 0 Å². The fourth-order valence-electron chi connectivity index (χ4n) is 1.49. The Labute approximate surface area is 93.4 Å². The second kappa shape index (κ2) is 8.45. The van der Waals surface area contributed by atoms with Crippen molar-refractivity contribution in [2.75, 3.05) is 13.7 Å². The highest BCUT2D eigenvalue weighted by atomic mass is 16.5. The first-order valence-corrected chi connectivity index (χ1v) is 5.60. The van der Waals surface area contributed by atoms with Crippen molar-refractivity contribution in [1.29, 1.82) is 0 Å². The first-order chi connectivity index (χ1) is 7.36. The van der Waals surface area contributed by atoms with Crippen LogP contribution in [0.15, 0.2) is 18.2 Å². The van der Waals surface area contributed by atoms with Crippen LogP contribution in [0.3, 0.4) is 0 Å². The molecule has 1 aromatic rings. The van der Waals surface area contributed by atoms with Gasteiger partial charge >= 0.3 is 0 Å². The Bertz CT molecular complexity index is 271. The molecule has 2 N–H and O–H groups in total. The number of rotatable bonds is 0. The Morgan fingerprint density at radius 3 is 2.47 bits per heavy atom. The molecular formula is C13H23NO. The molecule has 15 heavy (non-hydrogen) atoms. The predicted molar refractivity (Wildman–Crippen MR) is 66.0 cm³/mol. The van der Waals surface area contributed by atoms with E-state index in [1.807, 2.05) is 13.8 Å². The molecular weight excluding hydrogens is 186 g/mol. The van der Waals surface area contributed by atoms with E-state index in [0.717, 1.165) is 19.6 Å². The van der Waals surface area contributed by atoms with Gasteiger partial charge in [-0.25, -0.2) is 0 Å². The van der Waals surface area contributed by atoms with Crippen molar-refractivity contribution in [3.63, 3.8) is 0 Å². The van der Waals surface area contributed by atoms with E-state index in [9.17, 15) is 0 Å². The first-order valence-electron chi connectivity index (χ1n) is 5.60. The number of aryl methyl sites for hydroxylation is 1. The van der Waals surface area contributed by atoms with Crippen LogP contribution in [0.4, 0.5) is 0 Å². The highest BCUT2D eigenvalue weighted by Crippen LogP contribution is 2.17. The molecule has 0 atom stereocenters. The lowest BCUT2D eigenvalue weighted by Gasteiger charge is -2.16. The third kappa shape index (κ3) is 4.45. The molecule has 0 fully saturated rings. The maximum Gasteiger partial charge on any atom is 0.0719 e. The van der Waals surface area contributed by atoms with E-state index in [-0.39, 0.29) is 0 Å². The molecule has 2 rings (SSSR count). The van der Waals surface area contributed by atoms with Gasteiger partial charge in [-0.2, -0.15) is 0 Å². The van der Waals surface area contributed by atoms with Gasteiger partial charge in [0.2, 0.25) is 0 Å². The van der Waals surface area contributed by atoms with Gasteiger partial charge in [0.25, 0.3) is 0 Å². The van der Waals surface area contributed by atoms with Gasteiger partial charge in [-0.05, 0) is 31.5 Å². The minimum atomic E-state index is 0.801. The molecule has 0 aliphatic carbocycles. The standard InChI is InChI=1S/C10H12O.C2H6.CH5N/c1-8-2-3-10-7-11-5-4-9(10)6-8;2*1-2/h2-3,6H,4-5,7H2,1H3;1-2H3;2H2,1H3. The highest BCUT2D eigenvalue weighted by molar-refractivity contribution is 5.32. The van der Waals surface area contributed by atoms with Crippen molar-refractivity contribution >= 4 is 0 Å². The van der Waals surface area contributed by atoms with Gasteiger partial charge in [-0.3, -0.25) is 0 Å². The van der Waals surface area contributed by atoms with Gasteiger partial charge in [-0.1, -0.05) is 37.6 Å². The van der Waals surface area contributed by atoms with Crippen LogP contribution < -0.4 is 5.73 Å². The SMILES string of the molecule is CC.CN.Cc1ccc2c(c1)CCOC2. The van der Waals surface area contributed by atoms with Crippen LogP contribution in [0.1, 0.15) is 30.5 Å². The zero-order valence-corrected chi connectivity index (χ0v) is 10.3. The minimum absolute atomic E-state index is 0.801. The normalized spacial score (nSPS) is 12.6. The average molecular weight is 209 g/mol. The molecule has 0 saturated heterocycles. The van der Waals surface area contributed by atoms with Gasteiger partial charge < -0.3 is 10.5 Å². The summed E-state index contributed by atoms with van der Waals surface area (Å²) in [5.41, 5.74) is 8.68. The molecule has 0 radical (unpaired) electrons. The maximum absolute atomic E-state index is 5.34. The van der Waals surface area contributed by atoms with Crippen molar-refractivity contribution < 1.29 is 4.74 Å². The summed E-state index contributed by atoms with van der Waals surface area (Å²) in [5, 5.41) is 0. The zero-order valence-electron chi connectivity index (χ0n) is 10.3. The second-order valence-corrected chi connectivity index (χ2v) is 3.07. The molecule has 1 aliphatic rings. The van der Waals surface area contributed by atoms with E-state index in [2.05, 4.69) is 30.9 Å². The van der Waals surface area contributed by atoms with Crippen molar-refractivity contribution in [2.45, 2.75) is 33.8 Å². The molecule has 1 heterocycles. The molecule has 2 nitrogen and oxygen atoms in total. The Morgan fingerprint density at radius 2 is 1.80 bits per heavy atom. The number of nitrogens with two attached hydrogens (primary N) is 1. The molecule has 0 spiro atoms. The largest absolute Gasteiger partial charge is 0.376 e. The number of hydrogen-bond acceptors (Lipinski definition) is 2. The second-order valence-electron chi connectivity index (χ2n) is 3.07. The summed E-state index contributed by atoms with van der Waals surface area (Å²) in [5.74, 6) is 0. The summed E-state index contributed by atoms with van der Waals surface area (Å²) in [7, 11) is 1.50. The van der Waals surface area contributed by atoms with E-state index in [4.69, 9.17) is 4.74 Å². The Hall–Kier alpha value is -0.860. The Balaban J connectivity index is 0.000000442. The molecule has 1 aromatic carbocycles. The Kier molecular flexibility index (Phi) is 7.96. The van der Waals surface area contributed by atoms with Crippen LogP contribution >= 0.6 is 0 Å². The molecule has 0 unspecified atom stereocenters. The number of hydrogen-bond donors (Lipinski definition) is 1. The van der Waals surface area contributed by atoms with E-state index in [1.165, 1.54) is 23.7 Å². The summed E-state index contributed by atoms with van der Waals surface area (Å²) in [6.07, 6.45) is 1.08. The van der Waals surface area contributed by atoms with Crippen LogP contribution in [0.2, 0.25) is 0 Å². The summed E-state index contributed by atoms with van der Waals surface area (Å²) >= 11 is 0. The summed E-state index contributed by atoms with van der Waals surface area (Å²) in [6.45, 7) is 7.82. The fourth-order valence-corrected chi connectivity index (χ4v) is 1.49. The van der Waals surface area contributed by atoms with E-state index in [0.29, 0.717) is 0 Å². The van der Waals surface area contributed by atoms with Gasteiger partial charge in [0.05, 0.1) is 13.2 Å².